The first-order chi connectivity index (χ1) is 15.9. The Labute approximate surface area is 193 Å². The summed E-state index contributed by atoms with van der Waals surface area (Å²) in [5.41, 5.74) is 8.03. The summed E-state index contributed by atoms with van der Waals surface area (Å²) < 4.78 is 40.8. The van der Waals surface area contributed by atoms with Crippen molar-refractivity contribution in [3.8, 4) is 5.75 Å². The van der Waals surface area contributed by atoms with Crippen LogP contribution in [0.5, 0.6) is 5.75 Å². The lowest BCUT2D eigenvalue weighted by atomic mass is 9.88. The lowest BCUT2D eigenvalue weighted by Crippen LogP contribution is -2.45. The maximum absolute atomic E-state index is 12.1. The number of methoxy groups -OCH3 is 1. The largest absolute Gasteiger partial charge is 0.508 e. The molecule has 3 rings (SSSR count). The third kappa shape index (κ3) is 7.48. The summed E-state index contributed by atoms with van der Waals surface area (Å²) in [6, 6.07) is 9.86. The summed E-state index contributed by atoms with van der Waals surface area (Å²) in [7, 11) is 1.24. The van der Waals surface area contributed by atoms with Crippen molar-refractivity contribution < 1.29 is 42.5 Å². The van der Waals surface area contributed by atoms with Gasteiger partial charge in [-0.2, -0.15) is 13.2 Å². The highest BCUT2D eigenvalue weighted by Crippen LogP contribution is 2.26. The van der Waals surface area contributed by atoms with Crippen LogP contribution in [0.3, 0.4) is 0 Å². The fraction of sp³-hybridized carbons (Fsp3) is 0.348. The average molecular weight is 482 g/mol. The number of carboxylic acid groups (broad SMARTS) is 1. The molecule has 5 N–H and O–H groups in total. The van der Waals surface area contributed by atoms with E-state index in [9.17, 15) is 32.7 Å². The minimum atomic E-state index is -4.84. The van der Waals surface area contributed by atoms with Gasteiger partial charge in [0.1, 0.15) is 11.8 Å². The Hall–Kier alpha value is -3.60. The molecule has 0 aromatic heterocycles. The molecule has 0 spiro atoms. The summed E-state index contributed by atoms with van der Waals surface area (Å²) in [5, 5.41) is 20.2. The van der Waals surface area contributed by atoms with E-state index >= 15 is 0 Å². The monoisotopic (exact) mass is 482 g/mol. The van der Waals surface area contributed by atoms with Gasteiger partial charge >= 0.3 is 24.0 Å². The van der Waals surface area contributed by atoms with Gasteiger partial charge in [0.2, 0.25) is 0 Å². The SMILES string of the molecule is COC(=O)C(N)Cc1ccccc1C(=O)O.O=C(N[C@H]1CCc2cc(O)ccc2C1)C(F)(F)F. The molecule has 8 nitrogen and oxygen atoms in total. The molecule has 0 radical (unpaired) electrons. The molecule has 0 aliphatic heterocycles. The first-order valence-corrected chi connectivity index (χ1v) is 10.3. The van der Waals surface area contributed by atoms with Crippen LogP contribution in [-0.2, 0) is 33.6 Å². The van der Waals surface area contributed by atoms with E-state index in [1.54, 1.807) is 30.3 Å². The van der Waals surface area contributed by atoms with Gasteiger partial charge in [0.15, 0.2) is 0 Å². The van der Waals surface area contributed by atoms with Crippen LogP contribution in [0.4, 0.5) is 13.2 Å². The van der Waals surface area contributed by atoms with Crippen LogP contribution in [0.15, 0.2) is 42.5 Å². The molecule has 34 heavy (non-hydrogen) atoms. The van der Waals surface area contributed by atoms with E-state index in [4.69, 9.17) is 10.8 Å². The molecule has 1 amide bonds. The quantitative estimate of drug-likeness (QED) is 0.480. The molecule has 0 bridgehead atoms. The van der Waals surface area contributed by atoms with Gasteiger partial charge in [-0.3, -0.25) is 9.59 Å². The third-order valence-corrected chi connectivity index (χ3v) is 5.20. The number of esters is 1. The Balaban J connectivity index is 0.000000242. The first-order valence-electron chi connectivity index (χ1n) is 10.3. The number of hydrogen-bond acceptors (Lipinski definition) is 6. The minimum absolute atomic E-state index is 0.145. The maximum Gasteiger partial charge on any atom is 0.471 e. The number of aryl methyl sites for hydroxylation is 1. The average Bonchev–Trinajstić information content (AvgIpc) is 2.78. The van der Waals surface area contributed by atoms with Crippen LogP contribution in [0.1, 0.15) is 33.5 Å². The number of hydrogen-bond donors (Lipinski definition) is 4. The lowest BCUT2D eigenvalue weighted by molar-refractivity contribution is -0.174. The minimum Gasteiger partial charge on any atom is -0.508 e. The number of aromatic carboxylic acids is 1. The Kier molecular flexibility index (Phi) is 9.02. The van der Waals surface area contributed by atoms with E-state index in [-0.39, 0.29) is 17.7 Å². The number of nitrogens with two attached hydrogens (primary N) is 1. The van der Waals surface area contributed by atoms with Crippen molar-refractivity contribution in [3.63, 3.8) is 0 Å². The Morgan fingerprint density at radius 2 is 1.85 bits per heavy atom. The number of aromatic hydroxyl groups is 1. The van der Waals surface area contributed by atoms with E-state index in [1.807, 2.05) is 5.32 Å². The standard InChI is InChI=1S/C12H12F3NO2.C11H13NO4/c13-12(14,15)11(18)16-9-3-1-8-6-10(17)4-2-7(8)5-9;1-16-11(15)9(12)6-7-4-2-3-5-8(7)10(13)14/h2,4,6,9,17H,1,3,5H2,(H,16,18);2-5,9H,6,12H2,1H3,(H,13,14)/t9-;/m0./s1. The molecule has 11 heteroatoms. The van der Waals surface area contributed by atoms with Gasteiger partial charge in [-0.1, -0.05) is 24.3 Å². The topological polar surface area (TPSA) is 139 Å². The highest BCUT2D eigenvalue weighted by Gasteiger charge is 2.40. The number of fused-ring (bicyclic) bond motifs is 1. The zero-order chi connectivity index (χ0) is 25.5. The summed E-state index contributed by atoms with van der Waals surface area (Å²) in [5.74, 6) is -3.34. The number of carboxylic acids is 1. The summed E-state index contributed by atoms with van der Waals surface area (Å²) in [4.78, 5) is 32.8. The number of phenols is 1. The number of nitrogens with one attached hydrogen (secondary N) is 1. The van der Waals surface area contributed by atoms with Crippen LogP contribution in [0.2, 0.25) is 0 Å². The van der Waals surface area contributed by atoms with Gasteiger partial charge in [-0.25, -0.2) is 4.79 Å². The van der Waals surface area contributed by atoms with Gasteiger partial charge in [0.05, 0.1) is 12.7 Å². The van der Waals surface area contributed by atoms with Crippen molar-refractivity contribution in [2.75, 3.05) is 7.11 Å². The van der Waals surface area contributed by atoms with Crippen molar-refractivity contribution in [1.29, 1.82) is 0 Å². The molecule has 0 fully saturated rings. The number of carbonyl (C=O) groups is 3. The van der Waals surface area contributed by atoms with Gasteiger partial charge in [-0.05, 0) is 60.6 Å². The number of alkyl halides is 3. The van der Waals surface area contributed by atoms with E-state index in [1.165, 1.54) is 19.2 Å². The fourth-order valence-electron chi connectivity index (χ4n) is 3.51. The number of amides is 1. The predicted molar refractivity (Wildman–Crippen MR) is 115 cm³/mol. The van der Waals surface area contributed by atoms with E-state index < -0.39 is 36.1 Å². The molecule has 0 saturated heterocycles. The van der Waals surface area contributed by atoms with E-state index in [0.29, 0.717) is 24.8 Å². The zero-order valence-electron chi connectivity index (χ0n) is 18.3. The number of benzene rings is 2. The summed E-state index contributed by atoms with van der Waals surface area (Å²) in [6.45, 7) is 0. The van der Waals surface area contributed by atoms with Crippen molar-refractivity contribution in [3.05, 3.63) is 64.7 Å². The van der Waals surface area contributed by atoms with Crippen LogP contribution in [-0.4, -0.2) is 53.4 Å². The number of rotatable bonds is 5. The molecular formula is C23H25F3N2O6. The van der Waals surface area contributed by atoms with Gasteiger partial charge in [0, 0.05) is 6.04 Å². The second kappa shape index (κ2) is 11.5. The number of phenolic OH excluding ortho intramolecular Hbond substituents is 1. The predicted octanol–water partition coefficient (Wildman–Crippen LogP) is 2.36. The molecule has 184 valence electrons. The van der Waals surface area contributed by atoms with Crippen molar-refractivity contribution in [1.82, 2.24) is 5.32 Å². The third-order valence-electron chi connectivity index (χ3n) is 5.20. The normalized spacial score (nSPS) is 15.7. The highest BCUT2D eigenvalue weighted by molar-refractivity contribution is 5.89. The molecular weight excluding hydrogens is 457 g/mol. The molecule has 1 aliphatic carbocycles. The van der Waals surface area contributed by atoms with Gasteiger partial charge in [-0.15, -0.1) is 0 Å². The fourth-order valence-corrected chi connectivity index (χ4v) is 3.51. The maximum atomic E-state index is 12.1. The molecule has 2 aromatic rings. The Morgan fingerprint density at radius 3 is 2.47 bits per heavy atom. The zero-order valence-corrected chi connectivity index (χ0v) is 18.3. The molecule has 2 aromatic carbocycles. The first kappa shape index (κ1) is 26.7. The van der Waals surface area contributed by atoms with Crippen LogP contribution >= 0.6 is 0 Å². The van der Waals surface area contributed by atoms with Crippen LogP contribution < -0.4 is 11.1 Å². The number of carbonyl (C=O) groups excluding carboxylic acids is 2. The van der Waals surface area contributed by atoms with Crippen molar-refractivity contribution in [2.24, 2.45) is 5.73 Å². The lowest BCUT2D eigenvalue weighted by Gasteiger charge is -2.25. The highest BCUT2D eigenvalue weighted by atomic mass is 19.4. The van der Waals surface area contributed by atoms with Crippen LogP contribution in [0, 0.1) is 0 Å². The summed E-state index contributed by atoms with van der Waals surface area (Å²) >= 11 is 0. The molecule has 1 unspecified atom stereocenters. The number of halogens is 3. The van der Waals surface area contributed by atoms with Gasteiger partial charge in [0.25, 0.3) is 0 Å². The molecule has 2 atom stereocenters. The molecule has 0 saturated carbocycles. The summed E-state index contributed by atoms with van der Waals surface area (Å²) in [6.07, 6.45) is -3.34. The second-order valence-corrected chi connectivity index (χ2v) is 7.66. The van der Waals surface area contributed by atoms with E-state index in [2.05, 4.69) is 4.74 Å². The van der Waals surface area contributed by atoms with Crippen molar-refractivity contribution in [2.45, 2.75) is 43.9 Å². The Bertz CT molecular complexity index is 1040. The number of ether oxygens (including phenoxy) is 1. The molecule has 1 aliphatic rings. The van der Waals surface area contributed by atoms with Gasteiger partial charge < -0.3 is 26.0 Å². The Morgan fingerprint density at radius 1 is 1.18 bits per heavy atom. The van der Waals surface area contributed by atoms with Crippen molar-refractivity contribution >= 4 is 17.8 Å². The smallest absolute Gasteiger partial charge is 0.471 e. The molecule has 0 heterocycles. The van der Waals surface area contributed by atoms with E-state index in [0.717, 1.165) is 11.1 Å². The second-order valence-electron chi connectivity index (χ2n) is 7.66. The van der Waals surface area contributed by atoms with Crippen LogP contribution in [0.25, 0.3) is 0 Å².